The van der Waals surface area contributed by atoms with E-state index < -0.39 is 46.1 Å². The molecular weight excluding hydrogens is 370 g/mol. The molecule has 148 valence electrons. The molecular formula is C20H20F6O. The molecule has 0 saturated carbocycles. The van der Waals surface area contributed by atoms with E-state index in [1.54, 1.807) is 27.7 Å². The second-order valence-corrected chi connectivity index (χ2v) is 7.72. The Labute approximate surface area is 154 Å². The number of benzene rings is 2. The van der Waals surface area contributed by atoms with Crippen molar-refractivity contribution in [2.24, 2.45) is 0 Å². The van der Waals surface area contributed by atoms with Crippen LogP contribution in [0.2, 0.25) is 0 Å². The first-order chi connectivity index (χ1) is 12.3. The van der Waals surface area contributed by atoms with Gasteiger partial charge in [-0.1, -0.05) is 0 Å². The quantitative estimate of drug-likeness (QED) is 0.442. The van der Waals surface area contributed by atoms with Crippen molar-refractivity contribution < 1.29 is 31.1 Å². The van der Waals surface area contributed by atoms with Crippen LogP contribution in [0.3, 0.4) is 0 Å². The average Bonchev–Trinajstić information content (AvgIpc) is 2.47. The van der Waals surface area contributed by atoms with Crippen molar-refractivity contribution in [3.8, 4) is 0 Å². The van der Waals surface area contributed by atoms with Crippen LogP contribution < -0.4 is 0 Å². The molecule has 0 aliphatic rings. The summed E-state index contributed by atoms with van der Waals surface area (Å²) < 4.78 is 85.7. The molecule has 0 radical (unpaired) electrons. The van der Waals surface area contributed by atoms with Crippen LogP contribution in [0, 0.1) is 34.9 Å². The highest BCUT2D eigenvalue weighted by atomic mass is 19.2. The molecule has 7 heteroatoms. The van der Waals surface area contributed by atoms with Gasteiger partial charge in [-0.25, -0.2) is 26.3 Å². The first-order valence-corrected chi connectivity index (χ1v) is 8.27. The highest BCUT2D eigenvalue weighted by molar-refractivity contribution is 5.22. The lowest BCUT2D eigenvalue weighted by Crippen LogP contribution is -2.40. The molecule has 0 N–H and O–H groups in total. The maximum atomic E-state index is 13.4. The third-order valence-corrected chi connectivity index (χ3v) is 3.90. The second-order valence-electron chi connectivity index (χ2n) is 7.72. The van der Waals surface area contributed by atoms with Crippen LogP contribution in [0.1, 0.15) is 38.8 Å². The molecule has 0 amide bonds. The Kier molecular flexibility index (Phi) is 5.94. The van der Waals surface area contributed by atoms with E-state index in [2.05, 4.69) is 0 Å². The van der Waals surface area contributed by atoms with E-state index in [0.29, 0.717) is 0 Å². The van der Waals surface area contributed by atoms with Crippen molar-refractivity contribution in [1.29, 1.82) is 0 Å². The van der Waals surface area contributed by atoms with Gasteiger partial charge in [-0.3, -0.25) is 0 Å². The van der Waals surface area contributed by atoms with Crippen LogP contribution in [0.25, 0.3) is 0 Å². The van der Waals surface area contributed by atoms with E-state index in [1.807, 2.05) is 0 Å². The molecule has 0 aliphatic carbocycles. The molecule has 0 bridgehead atoms. The van der Waals surface area contributed by atoms with Crippen LogP contribution >= 0.6 is 0 Å². The third kappa shape index (κ3) is 5.48. The third-order valence-electron chi connectivity index (χ3n) is 3.90. The zero-order valence-electron chi connectivity index (χ0n) is 15.4. The number of halogens is 6. The SMILES string of the molecule is CC(C)(Cc1cc(F)c(F)c(F)c1)OC(C)(C)Cc1cc(F)c(F)c(F)c1. The van der Waals surface area contributed by atoms with Gasteiger partial charge in [-0.2, -0.15) is 0 Å². The van der Waals surface area contributed by atoms with Crippen molar-refractivity contribution in [1.82, 2.24) is 0 Å². The van der Waals surface area contributed by atoms with Gasteiger partial charge in [0.1, 0.15) is 0 Å². The number of ether oxygens (including phenoxy) is 1. The summed E-state index contributed by atoms with van der Waals surface area (Å²) in [4.78, 5) is 0. The Morgan fingerprint density at radius 1 is 0.593 bits per heavy atom. The van der Waals surface area contributed by atoms with Crippen LogP contribution in [0.5, 0.6) is 0 Å². The van der Waals surface area contributed by atoms with Crippen LogP contribution in [-0.4, -0.2) is 11.2 Å². The predicted octanol–water partition coefficient (Wildman–Crippen LogP) is 5.88. The fourth-order valence-corrected chi connectivity index (χ4v) is 3.22. The summed E-state index contributed by atoms with van der Waals surface area (Å²) >= 11 is 0. The standard InChI is InChI=1S/C20H20F6O/c1-19(2,9-11-5-13(21)17(25)14(22)6-11)27-20(3,4)10-12-7-15(23)18(26)16(24)8-12/h5-8H,9-10H2,1-4H3. The minimum absolute atomic E-state index is 0.0662. The lowest BCUT2D eigenvalue weighted by molar-refractivity contribution is -0.121. The van der Waals surface area contributed by atoms with E-state index in [-0.39, 0.29) is 24.0 Å². The Hall–Kier alpha value is -2.02. The van der Waals surface area contributed by atoms with Crippen LogP contribution in [0.15, 0.2) is 24.3 Å². The minimum atomic E-state index is -1.54. The molecule has 0 atom stereocenters. The van der Waals surface area contributed by atoms with Gasteiger partial charge in [0.15, 0.2) is 34.9 Å². The average molecular weight is 390 g/mol. The first kappa shape index (κ1) is 21.3. The van der Waals surface area contributed by atoms with Crippen molar-refractivity contribution in [3.05, 3.63) is 70.3 Å². The monoisotopic (exact) mass is 390 g/mol. The van der Waals surface area contributed by atoms with E-state index in [4.69, 9.17) is 4.74 Å². The number of rotatable bonds is 6. The fraction of sp³-hybridized carbons (Fsp3) is 0.400. The van der Waals surface area contributed by atoms with Gasteiger partial charge in [0.25, 0.3) is 0 Å². The summed E-state index contributed by atoms with van der Waals surface area (Å²) in [6, 6.07) is 3.56. The van der Waals surface area contributed by atoms with Crippen molar-refractivity contribution >= 4 is 0 Å². The summed E-state index contributed by atoms with van der Waals surface area (Å²) in [7, 11) is 0. The summed E-state index contributed by atoms with van der Waals surface area (Å²) in [6.07, 6.45) is 0.132. The van der Waals surface area contributed by atoms with E-state index >= 15 is 0 Å². The summed E-state index contributed by atoms with van der Waals surface area (Å²) in [5.41, 5.74) is -1.47. The Balaban J connectivity index is 2.15. The smallest absolute Gasteiger partial charge is 0.194 e. The second kappa shape index (κ2) is 7.54. The largest absolute Gasteiger partial charge is 0.369 e. The molecule has 2 aromatic rings. The predicted molar refractivity (Wildman–Crippen MR) is 89.3 cm³/mol. The first-order valence-electron chi connectivity index (χ1n) is 8.27. The van der Waals surface area contributed by atoms with Crippen LogP contribution in [-0.2, 0) is 17.6 Å². The van der Waals surface area contributed by atoms with Crippen molar-refractivity contribution in [2.75, 3.05) is 0 Å². The van der Waals surface area contributed by atoms with Gasteiger partial charge in [0.05, 0.1) is 11.2 Å². The summed E-state index contributed by atoms with van der Waals surface area (Å²) in [6.45, 7) is 6.67. The molecule has 0 saturated heterocycles. The lowest BCUT2D eigenvalue weighted by atomic mass is 9.93. The van der Waals surface area contributed by atoms with E-state index in [1.165, 1.54) is 0 Å². The molecule has 2 rings (SSSR count). The molecule has 0 fully saturated rings. The summed E-state index contributed by atoms with van der Waals surface area (Å²) in [5.74, 6) is -8.26. The topological polar surface area (TPSA) is 9.23 Å². The van der Waals surface area contributed by atoms with Gasteiger partial charge in [0.2, 0.25) is 0 Å². The zero-order chi connectivity index (χ0) is 20.6. The highest BCUT2D eigenvalue weighted by Gasteiger charge is 2.31. The van der Waals surface area contributed by atoms with E-state index in [0.717, 1.165) is 24.3 Å². The van der Waals surface area contributed by atoms with Crippen molar-refractivity contribution in [2.45, 2.75) is 51.7 Å². The highest BCUT2D eigenvalue weighted by Crippen LogP contribution is 2.29. The maximum absolute atomic E-state index is 13.4. The molecule has 2 aromatic carbocycles. The fourth-order valence-electron chi connectivity index (χ4n) is 3.22. The Morgan fingerprint density at radius 3 is 1.11 bits per heavy atom. The normalized spacial score (nSPS) is 12.5. The molecule has 1 nitrogen and oxygen atoms in total. The zero-order valence-corrected chi connectivity index (χ0v) is 15.4. The number of hydrogen-bond donors (Lipinski definition) is 0. The van der Waals surface area contributed by atoms with Gasteiger partial charge in [0, 0.05) is 12.8 Å². The Morgan fingerprint density at radius 2 is 0.852 bits per heavy atom. The molecule has 0 unspecified atom stereocenters. The van der Waals surface area contributed by atoms with Gasteiger partial charge in [-0.05, 0) is 63.1 Å². The van der Waals surface area contributed by atoms with Gasteiger partial charge >= 0.3 is 0 Å². The van der Waals surface area contributed by atoms with Gasteiger partial charge < -0.3 is 4.74 Å². The molecule has 0 heterocycles. The Bertz CT molecular complexity index is 729. The van der Waals surface area contributed by atoms with Gasteiger partial charge in [-0.15, -0.1) is 0 Å². The molecule has 0 aromatic heterocycles. The van der Waals surface area contributed by atoms with E-state index in [9.17, 15) is 26.3 Å². The molecule has 0 spiro atoms. The molecule has 0 aliphatic heterocycles. The van der Waals surface area contributed by atoms with Crippen LogP contribution in [0.4, 0.5) is 26.3 Å². The minimum Gasteiger partial charge on any atom is -0.369 e. The maximum Gasteiger partial charge on any atom is 0.194 e. The van der Waals surface area contributed by atoms with Crippen molar-refractivity contribution in [3.63, 3.8) is 0 Å². The lowest BCUT2D eigenvalue weighted by Gasteiger charge is -2.36. The summed E-state index contributed by atoms with van der Waals surface area (Å²) in [5, 5.41) is 0. The number of hydrogen-bond acceptors (Lipinski definition) is 1. The molecule has 27 heavy (non-hydrogen) atoms.